The van der Waals surface area contributed by atoms with Crippen LogP contribution < -0.4 is 15.5 Å². The van der Waals surface area contributed by atoms with Crippen molar-refractivity contribution in [2.45, 2.75) is 18.9 Å². The Balaban J connectivity index is 1.38. The van der Waals surface area contributed by atoms with Crippen LogP contribution in [-0.2, 0) is 0 Å². The van der Waals surface area contributed by atoms with Crippen molar-refractivity contribution in [3.8, 4) is 0 Å². The lowest BCUT2D eigenvalue weighted by Gasteiger charge is -2.34. The first kappa shape index (κ1) is 18.4. The average Bonchev–Trinajstić information content (AvgIpc) is 3.53. The Labute approximate surface area is 164 Å². The fourth-order valence-electron chi connectivity index (χ4n) is 3.21. The lowest BCUT2D eigenvalue weighted by atomic mass is 10.1. The number of nitrogens with one attached hydrogen (secondary N) is 2. The summed E-state index contributed by atoms with van der Waals surface area (Å²) >= 11 is 0. The Morgan fingerprint density at radius 1 is 0.964 bits per heavy atom. The highest BCUT2D eigenvalue weighted by Gasteiger charge is 2.24. The summed E-state index contributed by atoms with van der Waals surface area (Å²) in [5.41, 5.74) is 2.65. The molecule has 1 aromatic heterocycles. The molecule has 7 nitrogen and oxygen atoms in total. The third-order valence-electron chi connectivity index (χ3n) is 5.17. The van der Waals surface area contributed by atoms with Gasteiger partial charge in [0, 0.05) is 56.0 Å². The summed E-state index contributed by atoms with van der Waals surface area (Å²) in [6, 6.07) is 9.71. The third-order valence-corrected chi connectivity index (χ3v) is 5.17. The van der Waals surface area contributed by atoms with E-state index < -0.39 is 0 Å². The summed E-state index contributed by atoms with van der Waals surface area (Å²) in [4.78, 5) is 33.4. The molecule has 2 N–H and O–H groups in total. The monoisotopic (exact) mass is 379 g/mol. The number of anilines is 2. The van der Waals surface area contributed by atoms with Gasteiger partial charge in [0.25, 0.3) is 11.8 Å². The smallest absolute Gasteiger partial charge is 0.257 e. The lowest BCUT2D eigenvalue weighted by molar-refractivity contribution is 0.0950. The maximum absolute atomic E-state index is 12.5. The number of hydrogen-bond donors (Lipinski definition) is 2. The van der Waals surface area contributed by atoms with Crippen LogP contribution in [0.2, 0.25) is 0 Å². The highest BCUT2D eigenvalue weighted by molar-refractivity contribution is 6.05. The molecule has 0 unspecified atom stereocenters. The first-order valence-corrected chi connectivity index (χ1v) is 9.69. The minimum absolute atomic E-state index is 0.179. The molecule has 2 aromatic rings. The minimum atomic E-state index is -0.277. The summed E-state index contributed by atoms with van der Waals surface area (Å²) in [5.74, 6) is -0.456. The summed E-state index contributed by atoms with van der Waals surface area (Å²) in [7, 11) is 2.13. The second-order valence-corrected chi connectivity index (χ2v) is 7.50. The van der Waals surface area contributed by atoms with Crippen LogP contribution in [0.5, 0.6) is 0 Å². The van der Waals surface area contributed by atoms with E-state index >= 15 is 0 Å². The Hall–Kier alpha value is -2.93. The van der Waals surface area contributed by atoms with Crippen molar-refractivity contribution >= 4 is 23.2 Å². The van der Waals surface area contributed by atoms with E-state index in [0.717, 1.165) is 50.4 Å². The molecule has 0 bridgehead atoms. The normalized spacial score (nSPS) is 17.2. The molecule has 2 heterocycles. The maximum atomic E-state index is 12.5. The van der Waals surface area contributed by atoms with Crippen LogP contribution >= 0.6 is 0 Å². The molecule has 1 saturated heterocycles. The topological polar surface area (TPSA) is 77.6 Å². The summed E-state index contributed by atoms with van der Waals surface area (Å²) in [6.45, 7) is 4.11. The van der Waals surface area contributed by atoms with Gasteiger partial charge in [-0.15, -0.1) is 0 Å². The second kappa shape index (κ2) is 7.98. The van der Waals surface area contributed by atoms with Crippen LogP contribution in [0.4, 0.5) is 11.4 Å². The van der Waals surface area contributed by atoms with Crippen molar-refractivity contribution in [1.82, 2.24) is 15.2 Å². The quantitative estimate of drug-likeness (QED) is 0.831. The largest absolute Gasteiger partial charge is 0.369 e. The van der Waals surface area contributed by atoms with Gasteiger partial charge in [-0.25, -0.2) is 0 Å². The zero-order valence-electron chi connectivity index (χ0n) is 16.0. The van der Waals surface area contributed by atoms with Crippen LogP contribution in [0.3, 0.4) is 0 Å². The molecule has 0 atom stereocenters. The number of hydrogen-bond acceptors (Lipinski definition) is 5. The van der Waals surface area contributed by atoms with Crippen molar-refractivity contribution in [3.05, 3.63) is 53.9 Å². The van der Waals surface area contributed by atoms with E-state index in [-0.39, 0.29) is 17.9 Å². The molecular formula is C21H25N5O2. The van der Waals surface area contributed by atoms with E-state index in [2.05, 4.69) is 32.5 Å². The lowest BCUT2D eigenvalue weighted by Crippen LogP contribution is -2.44. The number of piperazine rings is 1. The molecular weight excluding hydrogens is 354 g/mol. The summed E-state index contributed by atoms with van der Waals surface area (Å²) in [5, 5.41) is 5.79. The molecule has 7 heteroatoms. The second-order valence-electron chi connectivity index (χ2n) is 7.50. The van der Waals surface area contributed by atoms with Gasteiger partial charge in [-0.2, -0.15) is 0 Å². The van der Waals surface area contributed by atoms with Crippen molar-refractivity contribution < 1.29 is 9.59 Å². The van der Waals surface area contributed by atoms with Gasteiger partial charge in [0.05, 0.1) is 11.1 Å². The summed E-state index contributed by atoms with van der Waals surface area (Å²) < 4.78 is 0. The standard InChI is InChI=1S/C21H25N5O2/c1-25-8-10-26(11-9-25)19-6-4-18(5-7-19)24-21(28)16-12-15(13-22-14-16)20(27)23-17-2-3-17/h4-7,12-14,17H,2-3,8-11H2,1H3,(H,23,27)(H,24,28). The number of carbonyl (C=O) groups is 2. The molecule has 1 aliphatic carbocycles. The molecule has 1 saturated carbocycles. The van der Waals surface area contributed by atoms with Crippen LogP contribution in [-0.4, -0.2) is 61.0 Å². The van der Waals surface area contributed by atoms with Crippen LogP contribution in [0.15, 0.2) is 42.7 Å². The van der Waals surface area contributed by atoms with E-state index in [1.165, 1.54) is 12.4 Å². The minimum Gasteiger partial charge on any atom is -0.369 e. The Kier molecular flexibility index (Phi) is 5.25. The molecule has 1 aliphatic heterocycles. The van der Waals surface area contributed by atoms with Gasteiger partial charge in [-0.1, -0.05) is 0 Å². The van der Waals surface area contributed by atoms with E-state index in [1.807, 2.05) is 24.3 Å². The fraction of sp³-hybridized carbons (Fsp3) is 0.381. The average molecular weight is 379 g/mol. The van der Waals surface area contributed by atoms with E-state index in [1.54, 1.807) is 6.07 Å². The van der Waals surface area contributed by atoms with Gasteiger partial charge in [-0.3, -0.25) is 14.6 Å². The van der Waals surface area contributed by atoms with Gasteiger partial charge >= 0.3 is 0 Å². The third kappa shape index (κ3) is 4.48. The molecule has 146 valence electrons. The fourth-order valence-corrected chi connectivity index (χ4v) is 3.21. The van der Waals surface area contributed by atoms with Crippen molar-refractivity contribution in [2.24, 2.45) is 0 Å². The van der Waals surface area contributed by atoms with Gasteiger partial charge in [-0.05, 0) is 50.2 Å². The van der Waals surface area contributed by atoms with Gasteiger partial charge < -0.3 is 20.4 Å². The first-order chi connectivity index (χ1) is 13.6. The number of aromatic nitrogens is 1. The molecule has 4 rings (SSSR count). The van der Waals surface area contributed by atoms with E-state index in [9.17, 15) is 9.59 Å². The number of likely N-dealkylation sites (N-methyl/N-ethyl adjacent to an activating group) is 1. The highest BCUT2D eigenvalue weighted by atomic mass is 16.2. The van der Waals surface area contributed by atoms with Crippen molar-refractivity contribution in [3.63, 3.8) is 0 Å². The van der Waals surface area contributed by atoms with Crippen molar-refractivity contribution in [2.75, 3.05) is 43.4 Å². The number of amides is 2. The van der Waals surface area contributed by atoms with E-state index in [0.29, 0.717) is 11.1 Å². The molecule has 28 heavy (non-hydrogen) atoms. The summed E-state index contributed by atoms with van der Waals surface area (Å²) in [6.07, 6.45) is 4.99. The zero-order chi connectivity index (χ0) is 19.5. The first-order valence-electron chi connectivity index (χ1n) is 9.69. The number of carbonyl (C=O) groups excluding carboxylic acids is 2. The zero-order valence-corrected chi connectivity index (χ0v) is 16.0. The molecule has 2 amide bonds. The SMILES string of the molecule is CN1CCN(c2ccc(NC(=O)c3cncc(C(=O)NC4CC4)c3)cc2)CC1. The number of nitrogens with zero attached hydrogens (tertiary/aromatic N) is 3. The highest BCUT2D eigenvalue weighted by Crippen LogP contribution is 2.21. The van der Waals surface area contributed by atoms with Gasteiger partial charge in [0.15, 0.2) is 0 Å². The van der Waals surface area contributed by atoms with Crippen molar-refractivity contribution in [1.29, 1.82) is 0 Å². The van der Waals surface area contributed by atoms with Crippen LogP contribution in [0.1, 0.15) is 33.6 Å². The predicted molar refractivity (Wildman–Crippen MR) is 109 cm³/mol. The number of pyridine rings is 1. The molecule has 2 fully saturated rings. The molecule has 1 aromatic carbocycles. The maximum Gasteiger partial charge on any atom is 0.257 e. The van der Waals surface area contributed by atoms with Gasteiger partial charge in [0.2, 0.25) is 0 Å². The Morgan fingerprint density at radius 3 is 2.25 bits per heavy atom. The van der Waals surface area contributed by atoms with Crippen LogP contribution in [0.25, 0.3) is 0 Å². The van der Waals surface area contributed by atoms with Gasteiger partial charge in [0.1, 0.15) is 0 Å². The molecule has 0 spiro atoms. The predicted octanol–water partition coefficient (Wildman–Crippen LogP) is 1.98. The number of rotatable bonds is 5. The molecule has 0 radical (unpaired) electrons. The number of benzene rings is 1. The van der Waals surface area contributed by atoms with E-state index in [4.69, 9.17) is 0 Å². The Bertz CT molecular complexity index is 855. The Morgan fingerprint density at radius 2 is 1.61 bits per heavy atom. The molecule has 2 aliphatic rings. The van der Waals surface area contributed by atoms with Crippen LogP contribution in [0, 0.1) is 0 Å².